The molecule has 3 rings (SSSR count). The van der Waals surface area contributed by atoms with E-state index in [1.807, 2.05) is 30.5 Å². The molecule has 3 aromatic rings. The smallest absolute Gasteiger partial charge is 0.234 e. The van der Waals surface area contributed by atoms with E-state index in [1.165, 1.54) is 16.6 Å². The normalized spacial score (nSPS) is 10.8. The second kappa shape index (κ2) is 7.83. The van der Waals surface area contributed by atoms with Crippen molar-refractivity contribution in [3.63, 3.8) is 0 Å². The summed E-state index contributed by atoms with van der Waals surface area (Å²) in [4.78, 5) is 17.6. The van der Waals surface area contributed by atoms with Gasteiger partial charge in [-0.3, -0.25) is 9.89 Å². The minimum Gasteiger partial charge on any atom is -0.325 e. The van der Waals surface area contributed by atoms with Crippen LogP contribution >= 0.6 is 34.7 Å². The van der Waals surface area contributed by atoms with Crippen molar-refractivity contribution < 1.29 is 4.79 Å². The number of thiophene rings is 1. The zero-order chi connectivity index (χ0) is 16.9. The van der Waals surface area contributed by atoms with Crippen molar-refractivity contribution in [2.24, 2.45) is 0 Å². The van der Waals surface area contributed by atoms with Crippen LogP contribution in [0.25, 0.3) is 0 Å². The van der Waals surface area contributed by atoms with Gasteiger partial charge in [-0.1, -0.05) is 35.5 Å². The molecule has 0 aliphatic carbocycles. The number of thioether (sulfide) groups is 1. The van der Waals surface area contributed by atoms with E-state index >= 15 is 0 Å². The standard InChI is InChI=1S/C16H15ClN4OS2/c1-10-4-5-11(7-13(10)17)18-15(22)9-24-16-19-14(20-21-16)8-12-3-2-6-23-12/h2-7H,8-9H2,1H3,(H,18,22)(H,19,20,21). The minimum absolute atomic E-state index is 0.121. The Morgan fingerprint density at radius 3 is 3.04 bits per heavy atom. The van der Waals surface area contributed by atoms with E-state index in [2.05, 4.69) is 26.6 Å². The summed E-state index contributed by atoms with van der Waals surface area (Å²) in [6, 6.07) is 9.51. The van der Waals surface area contributed by atoms with E-state index in [4.69, 9.17) is 11.6 Å². The van der Waals surface area contributed by atoms with Gasteiger partial charge in [0.25, 0.3) is 0 Å². The van der Waals surface area contributed by atoms with Crippen LogP contribution in [0.4, 0.5) is 5.69 Å². The molecule has 0 radical (unpaired) electrons. The number of nitrogens with one attached hydrogen (secondary N) is 2. The molecule has 5 nitrogen and oxygen atoms in total. The van der Waals surface area contributed by atoms with Gasteiger partial charge in [-0.15, -0.1) is 16.4 Å². The molecule has 0 aliphatic heterocycles. The molecule has 0 spiro atoms. The maximum absolute atomic E-state index is 12.0. The first kappa shape index (κ1) is 17.0. The summed E-state index contributed by atoms with van der Waals surface area (Å²) < 4.78 is 0. The van der Waals surface area contributed by atoms with Gasteiger partial charge in [0.15, 0.2) is 0 Å². The van der Waals surface area contributed by atoms with Crippen LogP contribution in [0.3, 0.4) is 0 Å². The third-order valence-electron chi connectivity index (χ3n) is 3.22. The summed E-state index contributed by atoms with van der Waals surface area (Å²) in [6.07, 6.45) is 0.722. The van der Waals surface area contributed by atoms with Crippen molar-refractivity contribution in [3.05, 3.63) is 57.0 Å². The number of H-pyrrole nitrogens is 1. The number of anilines is 1. The number of hydrogen-bond acceptors (Lipinski definition) is 5. The maximum atomic E-state index is 12.0. The first-order chi connectivity index (χ1) is 11.6. The fourth-order valence-electron chi connectivity index (χ4n) is 2.00. The number of rotatable bonds is 6. The monoisotopic (exact) mass is 378 g/mol. The lowest BCUT2D eigenvalue weighted by atomic mass is 10.2. The van der Waals surface area contributed by atoms with E-state index < -0.39 is 0 Å². The Bertz CT molecular complexity index is 832. The van der Waals surface area contributed by atoms with Gasteiger partial charge in [-0.2, -0.15) is 0 Å². The van der Waals surface area contributed by atoms with Crippen molar-refractivity contribution in [2.45, 2.75) is 18.5 Å². The van der Waals surface area contributed by atoms with E-state index in [0.29, 0.717) is 15.9 Å². The zero-order valence-electron chi connectivity index (χ0n) is 12.9. The lowest BCUT2D eigenvalue weighted by molar-refractivity contribution is -0.113. The first-order valence-electron chi connectivity index (χ1n) is 7.22. The number of aromatic amines is 1. The average Bonchev–Trinajstić information content (AvgIpc) is 3.21. The fourth-order valence-corrected chi connectivity index (χ4v) is 3.50. The molecule has 2 aromatic heterocycles. The second-order valence-corrected chi connectivity index (χ2v) is 7.50. The van der Waals surface area contributed by atoms with E-state index in [0.717, 1.165) is 17.8 Å². The summed E-state index contributed by atoms with van der Waals surface area (Å²) >= 11 is 9.02. The SMILES string of the molecule is Cc1ccc(NC(=O)CSc2n[nH]c(Cc3cccs3)n2)cc1Cl. The molecular formula is C16H15ClN4OS2. The Balaban J connectivity index is 1.51. The molecule has 24 heavy (non-hydrogen) atoms. The lowest BCUT2D eigenvalue weighted by Crippen LogP contribution is -2.14. The van der Waals surface area contributed by atoms with Gasteiger partial charge in [-0.05, 0) is 36.1 Å². The van der Waals surface area contributed by atoms with E-state index in [-0.39, 0.29) is 11.7 Å². The first-order valence-corrected chi connectivity index (χ1v) is 9.47. The Morgan fingerprint density at radius 2 is 2.29 bits per heavy atom. The summed E-state index contributed by atoms with van der Waals surface area (Å²) in [6.45, 7) is 1.92. The summed E-state index contributed by atoms with van der Waals surface area (Å²) in [5, 5.41) is 13.1. The Morgan fingerprint density at radius 1 is 1.42 bits per heavy atom. The highest BCUT2D eigenvalue weighted by atomic mass is 35.5. The van der Waals surface area contributed by atoms with Gasteiger partial charge in [0.2, 0.25) is 11.1 Å². The van der Waals surface area contributed by atoms with Crippen LogP contribution in [0.5, 0.6) is 0 Å². The number of amides is 1. The predicted octanol–water partition coefficient (Wildman–Crippen LogP) is 4.15. The van der Waals surface area contributed by atoms with Crippen molar-refractivity contribution in [2.75, 3.05) is 11.1 Å². The molecule has 0 fully saturated rings. The van der Waals surface area contributed by atoms with Crippen LogP contribution in [-0.4, -0.2) is 26.8 Å². The highest BCUT2D eigenvalue weighted by Gasteiger charge is 2.09. The van der Waals surface area contributed by atoms with E-state index in [9.17, 15) is 4.79 Å². The molecule has 0 saturated carbocycles. The molecular weight excluding hydrogens is 364 g/mol. The third-order valence-corrected chi connectivity index (χ3v) is 5.35. The van der Waals surface area contributed by atoms with Crippen LogP contribution in [-0.2, 0) is 11.2 Å². The quantitative estimate of drug-likeness (QED) is 0.632. The van der Waals surface area contributed by atoms with E-state index in [1.54, 1.807) is 17.4 Å². The highest BCUT2D eigenvalue weighted by molar-refractivity contribution is 7.99. The van der Waals surface area contributed by atoms with Crippen molar-refractivity contribution >= 4 is 46.3 Å². The number of aromatic nitrogens is 3. The number of halogens is 1. The van der Waals surface area contributed by atoms with Gasteiger partial charge in [0.1, 0.15) is 5.82 Å². The van der Waals surface area contributed by atoms with Crippen LogP contribution < -0.4 is 5.32 Å². The number of hydrogen-bond donors (Lipinski definition) is 2. The summed E-state index contributed by atoms with van der Waals surface area (Å²) in [5.74, 6) is 0.914. The summed E-state index contributed by atoms with van der Waals surface area (Å²) in [5.41, 5.74) is 1.66. The molecule has 8 heteroatoms. The van der Waals surface area contributed by atoms with Gasteiger partial charge in [0.05, 0.1) is 5.75 Å². The number of benzene rings is 1. The topological polar surface area (TPSA) is 70.7 Å². The predicted molar refractivity (Wildman–Crippen MR) is 99.1 cm³/mol. The van der Waals surface area contributed by atoms with Crippen molar-refractivity contribution in [3.8, 4) is 0 Å². The second-order valence-electron chi connectivity index (χ2n) is 5.12. The molecule has 0 atom stereocenters. The largest absolute Gasteiger partial charge is 0.325 e. The molecule has 1 aromatic carbocycles. The minimum atomic E-state index is -0.121. The van der Waals surface area contributed by atoms with Gasteiger partial charge < -0.3 is 5.32 Å². The summed E-state index contributed by atoms with van der Waals surface area (Å²) in [7, 11) is 0. The fraction of sp³-hybridized carbons (Fsp3) is 0.188. The number of aryl methyl sites for hydroxylation is 1. The van der Waals surface area contributed by atoms with Gasteiger partial charge in [-0.25, -0.2) is 4.98 Å². The Hall–Kier alpha value is -1.83. The van der Waals surface area contributed by atoms with Crippen molar-refractivity contribution in [1.29, 1.82) is 0 Å². The zero-order valence-corrected chi connectivity index (χ0v) is 15.3. The molecule has 0 aliphatic rings. The van der Waals surface area contributed by atoms with Crippen molar-refractivity contribution in [1.82, 2.24) is 15.2 Å². The molecule has 0 bridgehead atoms. The van der Waals surface area contributed by atoms with Crippen LogP contribution in [0.2, 0.25) is 5.02 Å². The van der Waals surface area contributed by atoms with Gasteiger partial charge in [0, 0.05) is 22.0 Å². The lowest BCUT2D eigenvalue weighted by Gasteiger charge is -2.05. The van der Waals surface area contributed by atoms with Gasteiger partial charge >= 0.3 is 0 Å². The number of carbonyl (C=O) groups is 1. The molecule has 2 heterocycles. The molecule has 0 unspecified atom stereocenters. The third kappa shape index (κ3) is 4.59. The number of carbonyl (C=O) groups excluding carboxylic acids is 1. The maximum Gasteiger partial charge on any atom is 0.234 e. The molecule has 2 N–H and O–H groups in total. The Labute approximate surface area is 152 Å². The van der Waals surface area contributed by atoms with Crippen LogP contribution in [0.15, 0.2) is 40.9 Å². The molecule has 124 valence electrons. The average molecular weight is 379 g/mol. The Kier molecular flexibility index (Phi) is 5.55. The van der Waals surface area contributed by atoms with Crippen LogP contribution in [0, 0.1) is 6.92 Å². The molecule has 0 saturated heterocycles. The highest BCUT2D eigenvalue weighted by Crippen LogP contribution is 2.21. The van der Waals surface area contributed by atoms with Crippen LogP contribution in [0.1, 0.15) is 16.3 Å². The molecule has 1 amide bonds. The number of nitrogens with zero attached hydrogens (tertiary/aromatic N) is 2.